The molecule has 114 valence electrons. The first kappa shape index (κ1) is 14.6. The fraction of sp³-hybridized carbons (Fsp3) is 0.316. The summed E-state index contributed by atoms with van der Waals surface area (Å²) in [4.78, 5) is 12.5. The molecule has 1 aliphatic rings. The molecule has 1 unspecified atom stereocenters. The van der Waals surface area contributed by atoms with Crippen LogP contribution >= 0.6 is 0 Å². The van der Waals surface area contributed by atoms with E-state index >= 15 is 0 Å². The summed E-state index contributed by atoms with van der Waals surface area (Å²) in [6.45, 7) is 6.05. The van der Waals surface area contributed by atoms with Crippen LogP contribution < -0.4 is 10.1 Å². The summed E-state index contributed by atoms with van der Waals surface area (Å²) in [5.74, 6) is 0.772. The molecule has 0 bridgehead atoms. The molecule has 2 aromatic rings. The molecule has 0 fully saturated rings. The molecular weight excluding hydrogens is 274 g/mol. The third-order valence-corrected chi connectivity index (χ3v) is 4.11. The van der Waals surface area contributed by atoms with Crippen LogP contribution in [-0.4, -0.2) is 12.0 Å². The number of nitrogens with one attached hydrogen (secondary N) is 1. The fourth-order valence-corrected chi connectivity index (χ4v) is 2.75. The summed E-state index contributed by atoms with van der Waals surface area (Å²) in [5.41, 5.74) is 5.39. The first-order valence-corrected chi connectivity index (χ1v) is 7.67. The van der Waals surface area contributed by atoms with E-state index in [1.165, 1.54) is 5.56 Å². The molecule has 1 atom stereocenters. The highest BCUT2D eigenvalue weighted by Crippen LogP contribution is 2.29. The predicted octanol–water partition coefficient (Wildman–Crippen LogP) is 3.94. The van der Waals surface area contributed by atoms with E-state index in [0.717, 1.165) is 34.5 Å². The highest BCUT2D eigenvalue weighted by atomic mass is 16.5. The third kappa shape index (κ3) is 2.98. The van der Waals surface area contributed by atoms with E-state index in [0.29, 0.717) is 6.42 Å². The van der Waals surface area contributed by atoms with Gasteiger partial charge in [0.1, 0.15) is 5.75 Å². The molecule has 3 nitrogen and oxygen atoms in total. The Labute approximate surface area is 131 Å². The predicted molar refractivity (Wildman–Crippen MR) is 88.5 cm³/mol. The van der Waals surface area contributed by atoms with E-state index in [1.807, 2.05) is 45.0 Å². The van der Waals surface area contributed by atoms with Gasteiger partial charge in [-0.25, -0.2) is 0 Å². The van der Waals surface area contributed by atoms with Gasteiger partial charge in [0.15, 0.2) is 6.10 Å². The maximum atomic E-state index is 12.5. The summed E-state index contributed by atoms with van der Waals surface area (Å²) in [7, 11) is 0. The van der Waals surface area contributed by atoms with Gasteiger partial charge in [-0.3, -0.25) is 4.79 Å². The summed E-state index contributed by atoms with van der Waals surface area (Å²) < 4.78 is 5.90. The molecule has 0 aromatic heterocycles. The zero-order valence-electron chi connectivity index (χ0n) is 13.3. The number of fused-ring (bicyclic) bond motifs is 1. The highest BCUT2D eigenvalue weighted by molar-refractivity contribution is 5.95. The van der Waals surface area contributed by atoms with Gasteiger partial charge in [0.2, 0.25) is 0 Å². The van der Waals surface area contributed by atoms with Crippen LogP contribution in [0, 0.1) is 20.8 Å². The number of ether oxygens (including phenoxy) is 1. The number of carbonyl (C=O) groups excluding carboxylic acids is 1. The van der Waals surface area contributed by atoms with Crippen LogP contribution in [-0.2, 0) is 11.2 Å². The minimum Gasteiger partial charge on any atom is -0.480 e. The SMILES string of the molecule is Cc1ccc(C)c(NC(=O)C2CCc3ccc(C)cc3O2)c1. The molecule has 22 heavy (non-hydrogen) atoms. The molecule has 3 heteroatoms. The molecule has 1 amide bonds. The number of carbonyl (C=O) groups is 1. The lowest BCUT2D eigenvalue weighted by Gasteiger charge is -2.26. The van der Waals surface area contributed by atoms with Crippen molar-refractivity contribution >= 4 is 11.6 Å². The largest absolute Gasteiger partial charge is 0.480 e. The van der Waals surface area contributed by atoms with Crippen LogP contribution in [0.25, 0.3) is 0 Å². The standard InChI is InChI=1S/C19H21NO2/c1-12-4-6-14(3)16(10-12)20-19(21)17-9-8-15-7-5-13(2)11-18(15)22-17/h4-7,10-11,17H,8-9H2,1-3H3,(H,20,21). The van der Waals surface area contributed by atoms with Crippen LogP contribution in [0.15, 0.2) is 36.4 Å². The number of hydrogen-bond acceptors (Lipinski definition) is 2. The summed E-state index contributed by atoms with van der Waals surface area (Å²) >= 11 is 0. The lowest BCUT2D eigenvalue weighted by atomic mass is 10.00. The number of amides is 1. The summed E-state index contributed by atoms with van der Waals surface area (Å²) in [6, 6.07) is 12.2. The Kier molecular flexibility index (Phi) is 3.88. The van der Waals surface area contributed by atoms with Crippen molar-refractivity contribution in [3.63, 3.8) is 0 Å². The maximum Gasteiger partial charge on any atom is 0.265 e. The Bertz CT molecular complexity index is 721. The number of benzene rings is 2. The van der Waals surface area contributed by atoms with Crippen LogP contribution in [0.4, 0.5) is 5.69 Å². The van der Waals surface area contributed by atoms with Crippen molar-refractivity contribution in [3.8, 4) is 5.75 Å². The highest BCUT2D eigenvalue weighted by Gasteiger charge is 2.26. The molecule has 0 spiro atoms. The summed E-state index contributed by atoms with van der Waals surface area (Å²) in [6.07, 6.45) is 1.17. The van der Waals surface area contributed by atoms with Crippen molar-refractivity contribution in [1.82, 2.24) is 0 Å². The number of aryl methyl sites for hydroxylation is 4. The van der Waals surface area contributed by atoms with Gasteiger partial charge in [-0.2, -0.15) is 0 Å². The first-order valence-electron chi connectivity index (χ1n) is 7.67. The van der Waals surface area contributed by atoms with E-state index in [-0.39, 0.29) is 5.91 Å². The summed E-state index contributed by atoms with van der Waals surface area (Å²) in [5, 5.41) is 3.00. The Morgan fingerprint density at radius 2 is 1.82 bits per heavy atom. The van der Waals surface area contributed by atoms with E-state index in [4.69, 9.17) is 4.74 Å². The van der Waals surface area contributed by atoms with Crippen molar-refractivity contribution in [2.75, 3.05) is 5.32 Å². The van der Waals surface area contributed by atoms with Crippen molar-refractivity contribution in [2.24, 2.45) is 0 Å². The molecule has 1 aliphatic heterocycles. The Morgan fingerprint density at radius 1 is 1.09 bits per heavy atom. The maximum absolute atomic E-state index is 12.5. The molecule has 0 radical (unpaired) electrons. The fourth-order valence-electron chi connectivity index (χ4n) is 2.75. The molecule has 0 saturated carbocycles. The van der Waals surface area contributed by atoms with E-state index in [9.17, 15) is 4.79 Å². The topological polar surface area (TPSA) is 38.3 Å². The van der Waals surface area contributed by atoms with Crippen molar-refractivity contribution in [1.29, 1.82) is 0 Å². The molecule has 3 rings (SSSR count). The molecule has 2 aromatic carbocycles. The van der Waals surface area contributed by atoms with E-state index in [2.05, 4.69) is 17.4 Å². The van der Waals surface area contributed by atoms with Crippen LogP contribution in [0.3, 0.4) is 0 Å². The number of anilines is 1. The van der Waals surface area contributed by atoms with Crippen molar-refractivity contribution < 1.29 is 9.53 Å². The van der Waals surface area contributed by atoms with Gasteiger partial charge in [-0.1, -0.05) is 24.3 Å². The minimum absolute atomic E-state index is 0.0687. The average Bonchev–Trinajstić information content (AvgIpc) is 2.50. The van der Waals surface area contributed by atoms with Crippen LogP contribution in [0.1, 0.15) is 28.7 Å². The number of rotatable bonds is 2. The van der Waals surface area contributed by atoms with Gasteiger partial charge in [0.05, 0.1) is 0 Å². The van der Waals surface area contributed by atoms with Gasteiger partial charge >= 0.3 is 0 Å². The van der Waals surface area contributed by atoms with E-state index in [1.54, 1.807) is 0 Å². The normalized spacial score (nSPS) is 16.6. The van der Waals surface area contributed by atoms with Crippen LogP contribution in [0.5, 0.6) is 5.75 Å². The van der Waals surface area contributed by atoms with Gasteiger partial charge in [0.25, 0.3) is 5.91 Å². The second-order valence-electron chi connectivity index (χ2n) is 6.06. The van der Waals surface area contributed by atoms with Gasteiger partial charge in [-0.15, -0.1) is 0 Å². The zero-order valence-corrected chi connectivity index (χ0v) is 13.3. The zero-order chi connectivity index (χ0) is 15.7. The Balaban J connectivity index is 1.75. The second kappa shape index (κ2) is 5.84. The van der Waals surface area contributed by atoms with Gasteiger partial charge in [-0.05, 0) is 68.0 Å². The van der Waals surface area contributed by atoms with Gasteiger partial charge < -0.3 is 10.1 Å². The first-order chi connectivity index (χ1) is 10.5. The average molecular weight is 295 g/mol. The van der Waals surface area contributed by atoms with Crippen molar-refractivity contribution in [3.05, 3.63) is 58.7 Å². The second-order valence-corrected chi connectivity index (χ2v) is 6.06. The monoisotopic (exact) mass is 295 g/mol. The van der Waals surface area contributed by atoms with Crippen LogP contribution in [0.2, 0.25) is 0 Å². The third-order valence-electron chi connectivity index (χ3n) is 4.11. The Morgan fingerprint density at radius 3 is 2.64 bits per heavy atom. The van der Waals surface area contributed by atoms with E-state index < -0.39 is 6.10 Å². The molecule has 0 saturated heterocycles. The quantitative estimate of drug-likeness (QED) is 0.911. The molecule has 1 N–H and O–H groups in total. The lowest BCUT2D eigenvalue weighted by molar-refractivity contribution is -0.123. The lowest BCUT2D eigenvalue weighted by Crippen LogP contribution is -2.36. The molecule has 1 heterocycles. The molecular formula is C19H21NO2. The van der Waals surface area contributed by atoms with Crippen molar-refractivity contribution in [2.45, 2.75) is 39.7 Å². The number of hydrogen-bond donors (Lipinski definition) is 1. The van der Waals surface area contributed by atoms with Gasteiger partial charge in [0, 0.05) is 5.69 Å². The Hall–Kier alpha value is -2.29. The smallest absolute Gasteiger partial charge is 0.265 e. The minimum atomic E-state index is -0.422. The molecule has 0 aliphatic carbocycles.